The Morgan fingerprint density at radius 1 is 1.16 bits per heavy atom. The molecule has 2 N–H and O–H groups in total. The van der Waals surface area contributed by atoms with Crippen molar-refractivity contribution in [1.82, 2.24) is 0 Å². The third-order valence-corrected chi connectivity index (χ3v) is 3.11. The second-order valence-electron chi connectivity index (χ2n) is 4.30. The predicted octanol–water partition coefficient (Wildman–Crippen LogP) is 2.62. The summed E-state index contributed by atoms with van der Waals surface area (Å²) in [5, 5.41) is 0. The van der Waals surface area contributed by atoms with Gasteiger partial charge < -0.3 is 10.5 Å². The molecule has 0 heterocycles. The van der Waals surface area contributed by atoms with E-state index in [9.17, 15) is 4.79 Å². The zero-order valence-electron chi connectivity index (χ0n) is 10.9. The van der Waals surface area contributed by atoms with Crippen molar-refractivity contribution in [2.24, 2.45) is 5.73 Å². The van der Waals surface area contributed by atoms with Gasteiger partial charge in [-0.25, -0.2) is 0 Å². The number of ketones is 1. The number of nitrogens with two attached hydrogens (primary N) is 1. The topological polar surface area (TPSA) is 52.3 Å². The molecule has 2 rings (SSSR count). The Hall–Kier alpha value is -2.13. The molecular weight excluding hydrogens is 238 g/mol. The van der Waals surface area contributed by atoms with E-state index in [4.69, 9.17) is 10.5 Å². The van der Waals surface area contributed by atoms with E-state index in [0.29, 0.717) is 17.9 Å². The lowest BCUT2D eigenvalue weighted by molar-refractivity contribution is 0.0962. The molecule has 2 aromatic rings. The molecule has 0 spiro atoms. The van der Waals surface area contributed by atoms with Gasteiger partial charge in [0.1, 0.15) is 5.75 Å². The van der Waals surface area contributed by atoms with Gasteiger partial charge in [-0.2, -0.15) is 0 Å². The summed E-state index contributed by atoms with van der Waals surface area (Å²) < 4.78 is 5.14. The molecule has 0 amide bonds. The highest BCUT2D eigenvalue weighted by atomic mass is 16.5. The number of hydrogen-bond donors (Lipinski definition) is 1. The van der Waals surface area contributed by atoms with Crippen LogP contribution in [0.1, 0.15) is 21.8 Å². The summed E-state index contributed by atoms with van der Waals surface area (Å²) >= 11 is 0. The van der Waals surface area contributed by atoms with Gasteiger partial charge in [0.25, 0.3) is 0 Å². The second kappa shape index (κ2) is 6.16. The number of benzene rings is 2. The highest BCUT2D eigenvalue weighted by Gasteiger charge is 2.20. The van der Waals surface area contributed by atoms with E-state index in [1.807, 2.05) is 42.5 Å². The maximum absolute atomic E-state index is 12.5. The Labute approximate surface area is 113 Å². The van der Waals surface area contributed by atoms with Gasteiger partial charge in [0.15, 0.2) is 5.78 Å². The predicted molar refractivity (Wildman–Crippen MR) is 75.6 cm³/mol. The molecule has 2 aromatic carbocycles. The van der Waals surface area contributed by atoms with Gasteiger partial charge in [0, 0.05) is 12.1 Å². The largest absolute Gasteiger partial charge is 0.497 e. The maximum Gasteiger partial charge on any atom is 0.171 e. The quantitative estimate of drug-likeness (QED) is 0.835. The zero-order chi connectivity index (χ0) is 13.7. The molecule has 3 nitrogen and oxygen atoms in total. The van der Waals surface area contributed by atoms with Gasteiger partial charge in [-0.15, -0.1) is 0 Å². The Morgan fingerprint density at radius 3 is 2.53 bits per heavy atom. The molecule has 0 fully saturated rings. The molecule has 0 aliphatic heterocycles. The first-order valence-corrected chi connectivity index (χ1v) is 6.19. The smallest absolute Gasteiger partial charge is 0.171 e. The first-order valence-electron chi connectivity index (χ1n) is 6.19. The molecule has 0 aliphatic carbocycles. The average Bonchev–Trinajstić information content (AvgIpc) is 2.49. The summed E-state index contributed by atoms with van der Waals surface area (Å²) in [6, 6.07) is 16.8. The molecule has 0 radical (unpaired) electrons. The molecule has 98 valence electrons. The van der Waals surface area contributed by atoms with Crippen LogP contribution in [0.4, 0.5) is 0 Å². The molecule has 0 bridgehead atoms. The Balaban J connectivity index is 2.30. The fourth-order valence-electron chi connectivity index (χ4n) is 2.06. The van der Waals surface area contributed by atoms with E-state index in [0.717, 1.165) is 5.56 Å². The SMILES string of the molecule is COc1cccc(C(=O)C(CN)c2ccccc2)c1. The van der Waals surface area contributed by atoms with Crippen molar-refractivity contribution in [3.63, 3.8) is 0 Å². The fourth-order valence-corrected chi connectivity index (χ4v) is 2.06. The van der Waals surface area contributed by atoms with Crippen molar-refractivity contribution in [2.45, 2.75) is 5.92 Å². The summed E-state index contributed by atoms with van der Waals surface area (Å²) in [6.07, 6.45) is 0. The third-order valence-electron chi connectivity index (χ3n) is 3.11. The molecule has 0 saturated carbocycles. The van der Waals surface area contributed by atoms with Crippen molar-refractivity contribution >= 4 is 5.78 Å². The van der Waals surface area contributed by atoms with E-state index >= 15 is 0 Å². The summed E-state index contributed by atoms with van der Waals surface area (Å²) in [7, 11) is 1.58. The molecule has 3 heteroatoms. The monoisotopic (exact) mass is 255 g/mol. The Kier molecular flexibility index (Phi) is 4.31. The lowest BCUT2D eigenvalue weighted by Gasteiger charge is -2.14. The number of hydrogen-bond acceptors (Lipinski definition) is 3. The van der Waals surface area contributed by atoms with Gasteiger partial charge in [-0.3, -0.25) is 4.79 Å². The number of methoxy groups -OCH3 is 1. The maximum atomic E-state index is 12.5. The lowest BCUT2D eigenvalue weighted by atomic mass is 9.91. The summed E-state index contributed by atoms with van der Waals surface area (Å²) in [6.45, 7) is 0.292. The fraction of sp³-hybridized carbons (Fsp3) is 0.188. The van der Waals surface area contributed by atoms with Gasteiger partial charge >= 0.3 is 0 Å². The highest BCUT2D eigenvalue weighted by molar-refractivity contribution is 6.01. The zero-order valence-corrected chi connectivity index (χ0v) is 10.9. The van der Waals surface area contributed by atoms with Crippen molar-refractivity contribution < 1.29 is 9.53 Å². The number of ether oxygens (including phenoxy) is 1. The van der Waals surface area contributed by atoms with Crippen molar-refractivity contribution in [2.75, 3.05) is 13.7 Å². The second-order valence-corrected chi connectivity index (χ2v) is 4.30. The van der Waals surface area contributed by atoms with Crippen LogP contribution < -0.4 is 10.5 Å². The Morgan fingerprint density at radius 2 is 1.89 bits per heavy atom. The van der Waals surface area contributed by atoms with Crippen LogP contribution in [0, 0.1) is 0 Å². The van der Waals surface area contributed by atoms with E-state index < -0.39 is 0 Å². The van der Waals surface area contributed by atoms with E-state index in [1.54, 1.807) is 19.2 Å². The minimum atomic E-state index is -0.312. The summed E-state index contributed by atoms with van der Waals surface area (Å²) in [5.74, 6) is 0.385. The van der Waals surface area contributed by atoms with Crippen molar-refractivity contribution in [3.05, 3.63) is 65.7 Å². The standard InChI is InChI=1S/C16H17NO2/c1-19-14-9-5-8-13(10-14)16(18)15(11-17)12-6-3-2-4-7-12/h2-10,15H,11,17H2,1H3. The van der Waals surface area contributed by atoms with Gasteiger partial charge in [-0.1, -0.05) is 42.5 Å². The number of Topliss-reactive ketones (excluding diaryl/α,β-unsaturated/α-hetero) is 1. The first-order chi connectivity index (χ1) is 9.26. The van der Waals surface area contributed by atoms with Crippen LogP contribution in [-0.2, 0) is 0 Å². The number of carbonyl (C=O) groups is 1. The first kappa shape index (κ1) is 13.3. The van der Waals surface area contributed by atoms with Crippen LogP contribution >= 0.6 is 0 Å². The lowest BCUT2D eigenvalue weighted by Crippen LogP contribution is -2.21. The average molecular weight is 255 g/mol. The van der Waals surface area contributed by atoms with Gasteiger partial charge in [-0.05, 0) is 17.7 Å². The minimum Gasteiger partial charge on any atom is -0.497 e. The van der Waals surface area contributed by atoms with Crippen molar-refractivity contribution in [3.8, 4) is 5.75 Å². The molecule has 19 heavy (non-hydrogen) atoms. The van der Waals surface area contributed by atoms with E-state index in [-0.39, 0.29) is 11.7 Å². The van der Waals surface area contributed by atoms with Crippen LogP contribution in [-0.4, -0.2) is 19.4 Å². The highest BCUT2D eigenvalue weighted by Crippen LogP contribution is 2.22. The minimum absolute atomic E-state index is 0.0209. The van der Waals surface area contributed by atoms with E-state index in [2.05, 4.69) is 0 Å². The molecule has 1 unspecified atom stereocenters. The van der Waals surface area contributed by atoms with Crippen LogP contribution in [0.2, 0.25) is 0 Å². The summed E-state index contributed by atoms with van der Waals surface area (Å²) in [4.78, 5) is 12.5. The molecule has 1 atom stereocenters. The van der Waals surface area contributed by atoms with Crippen LogP contribution in [0.5, 0.6) is 5.75 Å². The molecular formula is C16H17NO2. The molecule has 0 aromatic heterocycles. The van der Waals surface area contributed by atoms with Gasteiger partial charge in [0.2, 0.25) is 0 Å². The van der Waals surface area contributed by atoms with Crippen LogP contribution in [0.3, 0.4) is 0 Å². The Bertz CT molecular complexity index is 552. The summed E-state index contributed by atoms with van der Waals surface area (Å²) in [5.41, 5.74) is 7.33. The number of carbonyl (C=O) groups excluding carboxylic acids is 1. The molecule has 0 saturated heterocycles. The van der Waals surface area contributed by atoms with Crippen LogP contribution in [0.25, 0.3) is 0 Å². The normalized spacial score (nSPS) is 11.9. The third kappa shape index (κ3) is 3.01. The van der Waals surface area contributed by atoms with Gasteiger partial charge in [0.05, 0.1) is 13.0 Å². The van der Waals surface area contributed by atoms with E-state index in [1.165, 1.54) is 0 Å². The van der Waals surface area contributed by atoms with Crippen LogP contribution in [0.15, 0.2) is 54.6 Å². The number of rotatable bonds is 5. The van der Waals surface area contributed by atoms with Crippen molar-refractivity contribution in [1.29, 1.82) is 0 Å². The molecule has 0 aliphatic rings.